The molecule has 1 atom stereocenters. The van der Waals surface area contributed by atoms with E-state index in [-0.39, 0.29) is 12.4 Å². The monoisotopic (exact) mass is 199 g/mol. The molecule has 0 aromatic heterocycles. The molecule has 13 heavy (non-hydrogen) atoms. The number of hydrogen-bond donors (Lipinski definition) is 1. The molecule has 1 aromatic rings. The average Bonchev–Trinajstić information content (AvgIpc) is 2.06. The number of halogens is 1. The van der Waals surface area contributed by atoms with Crippen LogP contribution in [0, 0.1) is 0 Å². The van der Waals surface area contributed by atoms with E-state index in [4.69, 9.17) is 5.73 Å². The van der Waals surface area contributed by atoms with E-state index in [9.17, 15) is 0 Å². The molecule has 2 N–H and O–H groups in total. The zero-order valence-electron chi connectivity index (χ0n) is 8.07. The first-order valence-electron chi connectivity index (χ1n) is 4.62. The second-order valence-corrected chi connectivity index (χ2v) is 3.24. The van der Waals surface area contributed by atoms with E-state index in [2.05, 4.69) is 31.2 Å². The normalized spacial score (nSPS) is 11.8. The van der Waals surface area contributed by atoms with Crippen molar-refractivity contribution in [3.63, 3.8) is 0 Å². The molecule has 0 amide bonds. The minimum absolute atomic E-state index is 0. The van der Waals surface area contributed by atoms with Crippen molar-refractivity contribution in [2.45, 2.75) is 32.2 Å². The quantitative estimate of drug-likeness (QED) is 0.793. The summed E-state index contributed by atoms with van der Waals surface area (Å²) in [5.74, 6) is 0. The molecular formula is C11H18ClN. The van der Waals surface area contributed by atoms with Crippen LogP contribution in [0.3, 0.4) is 0 Å². The Morgan fingerprint density at radius 2 is 1.85 bits per heavy atom. The highest BCUT2D eigenvalue weighted by molar-refractivity contribution is 5.85. The standard InChI is InChI=1S/C11H17N.ClH/c1-2-6-11(12)9-10-7-4-3-5-8-10;/h3-5,7-8,11H,2,6,9,12H2,1H3;1H/t11-;/m1./s1. The van der Waals surface area contributed by atoms with Crippen molar-refractivity contribution in [1.29, 1.82) is 0 Å². The van der Waals surface area contributed by atoms with E-state index in [1.54, 1.807) is 0 Å². The summed E-state index contributed by atoms with van der Waals surface area (Å²) in [6.07, 6.45) is 3.30. The molecule has 0 spiro atoms. The Morgan fingerprint density at radius 1 is 1.23 bits per heavy atom. The van der Waals surface area contributed by atoms with E-state index < -0.39 is 0 Å². The summed E-state index contributed by atoms with van der Waals surface area (Å²) in [7, 11) is 0. The van der Waals surface area contributed by atoms with E-state index in [0.717, 1.165) is 12.8 Å². The number of nitrogens with two attached hydrogens (primary N) is 1. The highest BCUT2D eigenvalue weighted by Crippen LogP contribution is 2.04. The maximum Gasteiger partial charge on any atom is 0.00792 e. The summed E-state index contributed by atoms with van der Waals surface area (Å²) >= 11 is 0. The third-order valence-corrected chi connectivity index (χ3v) is 2.00. The molecule has 0 saturated heterocycles. The highest BCUT2D eigenvalue weighted by atomic mass is 35.5. The molecule has 1 nitrogen and oxygen atoms in total. The van der Waals surface area contributed by atoms with Crippen LogP contribution in [0.1, 0.15) is 25.3 Å². The summed E-state index contributed by atoms with van der Waals surface area (Å²) in [6.45, 7) is 2.17. The predicted octanol–water partition coefficient (Wildman–Crippen LogP) is 2.78. The van der Waals surface area contributed by atoms with Crippen molar-refractivity contribution in [3.8, 4) is 0 Å². The number of hydrogen-bond acceptors (Lipinski definition) is 1. The summed E-state index contributed by atoms with van der Waals surface area (Å²) in [4.78, 5) is 0. The molecule has 1 aromatic carbocycles. The lowest BCUT2D eigenvalue weighted by molar-refractivity contribution is 0.600. The average molecular weight is 200 g/mol. The topological polar surface area (TPSA) is 26.0 Å². The van der Waals surface area contributed by atoms with Crippen LogP contribution in [-0.4, -0.2) is 6.04 Å². The Bertz CT molecular complexity index is 211. The van der Waals surface area contributed by atoms with Crippen molar-refractivity contribution >= 4 is 12.4 Å². The maximum atomic E-state index is 5.92. The van der Waals surface area contributed by atoms with E-state index in [1.807, 2.05) is 6.07 Å². The lowest BCUT2D eigenvalue weighted by Crippen LogP contribution is -2.22. The smallest absolute Gasteiger partial charge is 0.00792 e. The van der Waals surface area contributed by atoms with Gasteiger partial charge in [-0.15, -0.1) is 12.4 Å². The van der Waals surface area contributed by atoms with Crippen molar-refractivity contribution in [2.75, 3.05) is 0 Å². The van der Waals surface area contributed by atoms with E-state index >= 15 is 0 Å². The van der Waals surface area contributed by atoms with Crippen molar-refractivity contribution in [1.82, 2.24) is 0 Å². The van der Waals surface area contributed by atoms with Crippen molar-refractivity contribution < 1.29 is 0 Å². The van der Waals surface area contributed by atoms with Crippen molar-refractivity contribution in [2.24, 2.45) is 5.73 Å². The molecule has 0 aliphatic heterocycles. The second-order valence-electron chi connectivity index (χ2n) is 3.24. The first-order chi connectivity index (χ1) is 5.83. The van der Waals surface area contributed by atoms with E-state index in [0.29, 0.717) is 6.04 Å². The summed E-state index contributed by atoms with van der Waals surface area (Å²) in [6, 6.07) is 10.8. The highest BCUT2D eigenvalue weighted by Gasteiger charge is 2.00. The lowest BCUT2D eigenvalue weighted by atomic mass is 10.0. The van der Waals surface area contributed by atoms with Gasteiger partial charge < -0.3 is 5.73 Å². The number of benzene rings is 1. The van der Waals surface area contributed by atoms with Crippen LogP contribution in [0.4, 0.5) is 0 Å². The van der Waals surface area contributed by atoms with Gasteiger partial charge >= 0.3 is 0 Å². The zero-order chi connectivity index (χ0) is 8.81. The molecule has 0 heterocycles. The first kappa shape index (κ1) is 12.5. The molecule has 0 unspecified atom stereocenters. The minimum atomic E-state index is 0. The molecule has 0 radical (unpaired) electrons. The Hall–Kier alpha value is -0.530. The van der Waals surface area contributed by atoms with Crippen LogP contribution in [-0.2, 0) is 6.42 Å². The van der Waals surface area contributed by atoms with Gasteiger partial charge in [-0.3, -0.25) is 0 Å². The van der Waals surface area contributed by atoms with Gasteiger partial charge in [-0.05, 0) is 18.4 Å². The maximum absolute atomic E-state index is 5.92. The molecule has 74 valence electrons. The van der Waals surface area contributed by atoms with E-state index in [1.165, 1.54) is 12.0 Å². The van der Waals surface area contributed by atoms with Crippen LogP contribution in [0.2, 0.25) is 0 Å². The Kier molecular flexibility index (Phi) is 6.65. The van der Waals surface area contributed by atoms with Gasteiger partial charge in [-0.1, -0.05) is 43.7 Å². The predicted molar refractivity (Wildman–Crippen MR) is 60.3 cm³/mol. The van der Waals surface area contributed by atoms with Gasteiger partial charge in [0.15, 0.2) is 0 Å². The van der Waals surface area contributed by atoms with Gasteiger partial charge in [-0.2, -0.15) is 0 Å². The molecule has 0 aliphatic rings. The van der Waals surface area contributed by atoms with Crippen LogP contribution in [0.15, 0.2) is 30.3 Å². The minimum Gasteiger partial charge on any atom is -0.327 e. The number of rotatable bonds is 4. The molecule has 2 heteroatoms. The van der Waals surface area contributed by atoms with Gasteiger partial charge in [0, 0.05) is 6.04 Å². The fourth-order valence-corrected chi connectivity index (χ4v) is 1.39. The van der Waals surface area contributed by atoms with Gasteiger partial charge in [0.25, 0.3) is 0 Å². The summed E-state index contributed by atoms with van der Waals surface area (Å²) in [5.41, 5.74) is 7.26. The third-order valence-electron chi connectivity index (χ3n) is 2.00. The molecule has 1 rings (SSSR count). The Labute approximate surface area is 86.7 Å². The van der Waals surface area contributed by atoms with Gasteiger partial charge in [-0.25, -0.2) is 0 Å². The van der Waals surface area contributed by atoms with Crippen molar-refractivity contribution in [3.05, 3.63) is 35.9 Å². The first-order valence-corrected chi connectivity index (χ1v) is 4.62. The molecular weight excluding hydrogens is 182 g/mol. The Morgan fingerprint density at radius 3 is 2.38 bits per heavy atom. The third kappa shape index (κ3) is 4.91. The fraction of sp³-hybridized carbons (Fsp3) is 0.455. The molecule has 0 saturated carbocycles. The Balaban J connectivity index is 0.00000144. The van der Waals surface area contributed by atoms with Crippen LogP contribution < -0.4 is 5.73 Å². The molecule has 0 fully saturated rings. The van der Waals surface area contributed by atoms with Crippen LogP contribution in [0.25, 0.3) is 0 Å². The summed E-state index contributed by atoms with van der Waals surface area (Å²) < 4.78 is 0. The molecule has 0 aliphatic carbocycles. The van der Waals surface area contributed by atoms with Crippen LogP contribution >= 0.6 is 12.4 Å². The lowest BCUT2D eigenvalue weighted by Gasteiger charge is -2.09. The fourth-order valence-electron chi connectivity index (χ4n) is 1.39. The largest absolute Gasteiger partial charge is 0.327 e. The van der Waals surface area contributed by atoms with Gasteiger partial charge in [0.1, 0.15) is 0 Å². The molecule has 0 bridgehead atoms. The van der Waals surface area contributed by atoms with Gasteiger partial charge in [0.2, 0.25) is 0 Å². The SMILES string of the molecule is CCC[C@@H](N)Cc1ccccc1.Cl. The van der Waals surface area contributed by atoms with Gasteiger partial charge in [0.05, 0.1) is 0 Å². The van der Waals surface area contributed by atoms with Crippen LogP contribution in [0.5, 0.6) is 0 Å². The second kappa shape index (κ2) is 6.93. The summed E-state index contributed by atoms with van der Waals surface area (Å²) in [5, 5.41) is 0. The zero-order valence-corrected chi connectivity index (χ0v) is 8.89.